The summed E-state index contributed by atoms with van der Waals surface area (Å²) in [5, 5.41) is 17.3. The number of thiophene rings is 1. The van der Waals surface area contributed by atoms with Gasteiger partial charge in [-0.3, -0.25) is 4.79 Å². The number of amides is 2. The van der Waals surface area contributed by atoms with Crippen LogP contribution in [0.4, 0.5) is 4.79 Å². The lowest BCUT2D eigenvalue weighted by Crippen LogP contribution is -2.48. The molecule has 0 spiro atoms. The van der Waals surface area contributed by atoms with E-state index in [2.05, 4.69) is 28.1 Å². The lowest BCUT2D eigenvalue weighted by molar-refractivity contribution is -0.142. The van der Waals surface area contributed by atoms with Crippen LogP contribution < -0.4 is 10.6 Å². The van der Waals surface area contributed by atoms with E-state index in [0.717, 1.165) is 25.7 Å². The summed E-state index contributed by atoms with van der Waals surface area (Å²) in [7, 11) is 0. The zero-order chi connectivity index (χ0) is 17.7. The molecular weight excluding hydrogens is 336 g/mol. The molecule has 6 heteroatoms. The molecule has 2 aliphatic carbocycles. The molecule has 3 rings (SSSR count). The van der Waals surface area contributed by atoms with E-state index in [-0.39, 0.29) is 23.4 Å². The Kier molecular flexibility index (Phi) is 5.99. The minimum Gasteiger partial charge on any atom is -0.481 e. The topological polar surface area (TPSA) is 78.4 Å². The number of rotatable bonds is 5. The predicted molar refractivity (Wildman–Crippen MR) is 99.0 cm³/mol. The highest BCUT2D eigenvalue weighted by Crippen LogP contribution is 2.41. The van der Waals surface area contributed by atoms with Crippen molar-refractivity contribution in [1.82, 2.24) is 10.6 Å². The van der Waals surface area contributed by atoms with Crippen molar-refractivity contribution in [2.75, 3.05) is 6.54 Å². The van der Waals surface area contributed by atoms with Crippen molar-refractivity contribution in [3.63, 3.8) is 0 Å². The van der Waals surface area contributed by atoms with Crippen molar-refractivity contribution in [2.24, 2.45) is 5.92 Å². The van der Waals surface area contributed by atoms with Crippen LogP contribution >= 0.6 is 11.3 Å². The number of carbonyl (C=O) groups excluding carboxylic acids is 1. The van der Waals surface area contributed by atoms with Gasteiger partial charge in [-0.1, -0.05) is 25.3 Å². The SMILES string of the molecule is O=C(NCC1(c2cccs2)CCCCC1)NC1CCC(C(=O)O)CC1. The Bertz CT molecular complexity index is 573. The number of carbonyl (C=O) groups is 2. The molecule has 0 bridgehead atoms. The molecule has 25 heavy (non-hydrogen) atoms. The number of carboxylic acid groups (broad SMARTS) is 1. The molecule has 1 aromatic heterocycles. The standard InChI is InChI=1S/C19H28N2O3S/c22-17(23)14-6-8-15(9-7-14)21-18(24)20-13-19(10-2-1-3-11-19)16-5-4-12-25-16/h4-5,12,14-15H,1-3,6-11,13H2,(H,22,23)(H2,20,21,24). The Labute approximate surface area is 153 Å². The van der Waals surface area contributed by atoms with Crippen LogP contribution in [0.25, 0.3) is 0 Å². The molecule has 5 nitrogen and oxygen atoms in total. The summed E-state index contributed by atoms with van der Waals surface area (Å²) in [6, 6.07) is 4.28. The van der Waals surface area contributed by atoms with Gasteiger partial charge in [-0.05, 0) is 50.0 Å². The Morgan fingerprint density at radius 1 is 1.16 bits per heavy atom. The van der Waals surface area contributed by atoms with Gasteiger partial charge in [0.1, 0.15) is 0 Å². The second-order valence-corrected chi connectivity index (χ2v) is 8.48. The third-order valence-electron chi connectivity index (χ3n) is 5.85. The zero-order valence-corrected chi connectivity index (χ0v) is 15.4. The van der Waals surface area contributed by atoms with Crippen LogP contribution in [-0.4, -0.2) is 29.7 Å². The average molecular weight is 365 g/mol. The smallest absolute Gasteiger partial charge is 0.315 e. The number of aliphatic carboxylic acids is 1. The Balaban J connectivity index is 1.50. The quantitative estimate of drug-likeness (QED) is 0.741. The van der Waals surface area contributed by atoms with E-state index in [4.69, 9.17) is 5.11 Å². The molecule has 3 N–H and O–H groups in total. The van der Waals surface area contributed by atoms with Crippen LogP contribution in [0.2, 0.25) is 0 Å². The molecular formula is C19H28N2O3S. The highest BCUT2D eigenvalue weighted by atomic mass is 32.1. The number of carboxylic acids is 1. The van der Waals surface area contributed by atoms with E-state index in [1.54, 1.807) is 11.3 Å². The van der Waals surface area contributed by atoms with Crippen LogP contribution in [0.15, 0.2) is 17.5 Å². The molecule has 138 valence electrons. The van der Waals surface area contributed by atoms with Gasteiger partial charge in [0.05, 0.1) is 5.92 Å². The van der Waals surface area contributed by atoms with Crippen LogP contribution in [0, 0.1) is 5.92 Å². The largest absolute Gasteiger partial charge is 0.481 e. The summed E-state index contributed by atoms with van der Waals surface area (Å²) >= 11 is 1.79. The van der Waals surface area contributed by atoms with Crippen molar-refractivity contribution < 1.29 is 14.7 Å². The predicted octanol–water partition coefficient (Wildman–Crippen LogP) is 3.89. The second kappa shape index (κ2) is 8.21. The maximum absolute atomic E-state index is 12.3. The van der Waals surface area contributed by atoms with Crippen LogP contribution in [0.5, 0.6) is 0 Å². The molecule has 2 fully saturated rings. The van der Waals surface area contributed by atoms with Gasteiger partial charge >= 0.3 is 12.0 Å². The third kappa shape index (κ3) is 4.54. The first-order valence-electron chi connectivity index (χ1n) is 9.40. The fraction of sp³-hybridized carbons (Fsp3) is 0.684. The van der Waals surface area contributed by atoms with Crippen molar-refractivity contribution >= 4 is 23.3 Å². The molecule has 2 saturated carbocycles. The van der Waals surface area contributed by atoms with E-state index in [1.807, 2.05) is 0 Å². The van der Waals surface area contributed by atoms with Crippen LogP contribution in [-0.2, 0) is 10.2 Å². The summed E-state index contributed by atoms with van der Waals surface area (Å²) in [4.78, 5) is 24.7. The van der Waals surface area contributed by atoms with Crippen molar-refractivity contribution in [1.29, 1.82) is 0 Å². The van der Waals surface area contributed by atoms with Crippen LogP contribution in [0.1, 0.15) is 62.7 Å². The van der Waals surface area contributed by atoms with Crippen molar-refractivity contribution in [3.05, 3.63) is 22.4 Å². The molecule has 0 saturated heterocycles. The van der Waals surface area contributed by atoms with E-state index < -0.39 is 5.97 Å². The van der Waals surface area contributed by atoms with Gasteiger partial charge in [-0.25, -0.2) is 4.79 Å². The first-order chi connectivity index (χ1) is 12.1. The molecule has 0 aliphatic heterocycles. The molecule has 0 radical (unpaired) electrons. The van der Waals surface area contributed by atoms with E-state index in [9.17, 15) is 9.59 Å². The molecule has 0 unspecified atom stereocenters. The fourth-order valence-corrected chi connectivity index (χ4v) is 5.28. The minimum absolute atomic E-state index is 0.0880. The Morgan fingerprint density at radius 3 is 2.48 bits per heavy atom. The van der Waals surface area contributed by atoms with Gasteiger partial charge < -0.3 is 15.7 Å². The van der Waals surface area contributed by atoms with E-state index >= 15 is 0 Å². The summed E-state index contributed by atoms with van der Waals surface area (Å²) in [6.45, 7) is 0.684. The van der Waals surface area contributed by atoms with Gasteiger partial charge in [-0.2, -0.15) is 0 Å². The molecule has 0 aromatic carbocycles. The number of hydrogen-bond donors (Lipinski definition) is 3. The fourth-order valence-electron chi connectivity index (χ4n) is 4.29. The highest BCUT2D eigenvalue weighted by Gasteiger charge is 2.35. The molecule has 2 aliphatic rings. The van der Waals surface area contributed by atoms with Gasteiger partial charge in [0, 0.05) is 22.9 Å². The van der Waals surface area contributed by atoms with Gasteiger partial charge in [-0.15, -0.1) is 11.3 Å². The Morgan fingerprint density at radius 2 is 1.88 bits per heavy atom. The average Bonchev–Trinajstić information content (AvgIpc) is 3.17. The van der Waals surface area contributed by atoms with Crippen molar-refractivity contribution in [2.45, 2.75) is 69.2 Å². The zero-order valence-electron chi connectivity index (χ0n) is 14.6. The van der Waals surface area contributed by atoms with Crippen molar-refractivity contribution in [3.8, 4) is 0 Å². The van der Waals surface area contributed by atoms with E-state index in [1.165, 1.54) is 24.1 Å². The van der Waals surface area contributed by atoms with Crippen LogP contribution in [0.3, 0.4) is 0 Å². The summed E-state index contributed by atoms with van der Waals surface area (Å²) < 4.78 is 0. The number of hydrogen-bond acceptors (Lipinski definition) is 3. The molecule has 2 amide bonds. The maximum Gasteiger partial charge on any atom is 0.315 e. The summed E-state index contributed by atoms with van der Waals surface area (Å²) in [5.41, 5.74) is 0.0880. The van der Waals surface area contributed by atoms with Gasteiger partial charge in [0.2, 0.25) is 0 Å². The third-order valence-corrected chi connectivity index (χ3v) is 6.97. The highest BCUT2D eigenvalue weighted by molar-refractivity contribution is 7.10. The summed E-state index contributed by atoms with van der Waals surface area (Å²) in [5.74, 6) is -0.955. The van der Waals surface area contributed by atoms with Gasteiger partial charge in [0.15, 0.2) is 0 Å². The number of urea groups is 1. The first kappa shape index (κ1) is 18.2. The Hall–Kier alpha value is -1.56. The maximum atomic E-state index is 12.3. The minimum atomic E-state index is -0.710. The van der Waals surface area contributed by atoms with Gasteiger partial charge in [0.25, 0.3) is 0 Å². The molecule has 0 atom stereocenters. The first-order valence-corrected chi connectivity index (χ1v) is 10.3. The number of nitrogens with one attached hydrogen (secondary N) is 2. The normalized spacial score (nSPS) is 25.9. The second-order valence-electron chi connectivity index (χ2n) is 7.53. The monoisotopic (exact) mass is 364 g/mol. The summed E-state index contributed by atoms with van der Waals surface area (Å²) in [6.07, 6.45) is 8.81. The molecule has 1 heterocycles. The lowest BCUT2D eigenvalue weighted by atomic mass is 9.73. The van der Waals surface area contributed by atoms with E-state index in [0.29, 0.717) is 19.4 Å². The molecule has 1 aromatic rings. The lowest BCUT2D eigenvalue weighted by Gasteiger charge is -2.37.